The minimum Gasteiger partial charge on any atom is -0.481 e. The van der Waals surface area contributed by atoms with Crippen LogP contribution in [0.4, 0.5) is 5.69 Å². The van der Waals surface area contributed by atoms with Gasteiger partial charge >= 0.3 is 5.97 Å². The second kappa shape index (κ2) is 4.91. The highest BCUT2D eigenvalue weighted by atomic mass is 16.4. The standard InChI is InChI=1S/C14H19N3O2/c1-14(2,13(18)19)6-7-17(3)10-4-5-11-12(8-10)16-9-15-11/h4-5,8-9H,6-7H2,1-3H3,(H,15,16)(H,18,19). The van der Waals surface area contributed by atoms with Crippen LogP contribution in [0.5, 0.6) is 0 Å². The third-order valence-corrected chi connectivity index (χ3v) is 3.50. The zero-order valence-electron chi connectivity index (χ0n) is 11.5. The van der Waals surface area contributed by atoms with Crippen molar-refractivity contribution in [2.45, 2.75) is 20.3 Å². The van der Waals surface area contributed by atoms with E-state index in [1.807, 2.05) is 25.2 Å². The molecule has 0 unspecified atom stereocenters. The Morgan fingerprint density at radius 1 is 1.47 bits per heavy atom. The summed E-state index contributed by atoms with van der Waals surface area (Å²) in [6.45, 7) is 4.20. The lowest BCUT2D eigenvalue weighted by Gasteiger charge is -2.25. The van der Waals surface area contributed by atoms with E-state index >= 15 is 0 Å². The zero-order chi connectivity index (χ0) is 14.0. The number of H-pyrrole nitrogens is 1. The molecule has 5 heteroatoms. The molecule has 0 spiro atoms. The number of imidazole rings is 1. The van der Waals surface area contributed by atoms with Crippen molar-refractivity contribution in [2.24, 2.45) is 5.41 Å². The molecule has 0 saturated carbocycles. The summed E-state index contributed by atoms with van der Waals surface area (Å²) in [5.74, 6) is -0.759. The van der Waals surface area contributed by atoms with Crippen molar-refractivity contribution < 1.29 is 9.90 Å². The fourth-order valence-corrected chi connectivity index (χ4v) is 1.84. The smallest absolute Gasteiger partial charge is 0.309 e. The van der Waals surface area contributed by atoms with Gasteiger partial charge in [0.05, 0.1) is 22.8 Å². The Morgan fingerprint density at radius 3 is 2.89 bits per heavy atom. The molecule has 1 heterocycles. The van der Waals surface area contributed by atoms with E-state index in [1.165, 1.54) is 0 Å². The summed E-state index contributed by atoms with van der Waals surface area (Å²) in [5, 5.41) is 9.11. The van der Waals surface area contributed by atoms with Crippen LogP contribution in [-0.4, -0.2) is 34.6 Å². The summed E-state index contributed by atoms with van der Waals surface area (Å²) < 4.78 is 0. The van der Waals surface area contributed by atoms with Crippen LogP contribution in [0.15, 0.2) is 24.5 Å². The molecule has 2 aromatic rings. The number of carbonyl (C=O) groups is 1. The largest absolute Gasteiger partial charge is 0.481 e. The van der Waals surface area contributed by atoms with E-state index in [0.29, 0.717) is 13.0 Å². The second-order valence-corrected chi connectivity index (χ2v) is 5.46. The van der Waals surface area contributed by atoms with E-state index in [1.54, 1.807) is 20.2 Å². The maximum absolute atomic E-state index is 11.1. The minimum atomic E-state index is -0.759. The quantitative estimate of drug-likeness (QED) is 0.867. The van der Waals surface area contributed by atoms with E-state index in [2.05, 4.69) is 14.9 Å². The topological polar surface area (TPSA) is 69.2 Å². The molecule has 1 aromatic heterocycles. The monoisotopic (exact) mass is 261 g/mol. The lowest BCUT2D eigenvalue weighted by atomic mass is 9.89. The van der Waals surface area contributed by atoms with Crippen molar-refractivity contribution in [1.29, 1.82) is 0 Å². The molecule has 2 rings (SSSR count). The normalized spacial score (nSPS) is 11.7. The van der Waals surface area contributed by atoms with Gasteiger partial charge in [0.2, 0.25) is 0 Å². The Morgan fingerprint density at radius 2 is 2.21 bits per heavy atom. The van der Waals surface area contributed by atoms with Crippen molar-refractivity contribution in [3.05, 3.63) is 24.5 Å². The van der Waals surface area contributed by atoms with Crippen LogP contribution in [0, 0.1) is 5.41 Å². The maximum atomic E-state index is 11.1. The first-order valence-corrected chi connectivity index (χ1v) is 6.28. The Balaban J connectivity index is 2.07. The van der Waals surface area contributed by atoms with E-state index in [0.717, 1.165) is 16.7 Å². The molecule has 19 heavy (non-hydrogen) atoms. The molecule has 0 aliphatic rings. The molecule has 5 nitrogen and oxygen atoms in total. The summed E-state index contributed by atoms with van der Waals surface area (Å²) >= 11 is 0. The molecular formula is C14H19N3O2. The predicted molar refractivity (Wildman–Crippen MR) is 75.4 cm³/mol. The predicted octanol–water partition coefficient (Wildman–Crippen LogP) is 2.50. The zero-order valence-corrected chi connectivity index (χ0v) is 11.5. The minimum absolute atomic E-state index is 0.597. The highest BCUT2D eigenvalue weighted by molar-refractivity contribution is 5.79. The van der Waals surface area contributed by atoms with Crippen LogP contribution in [0.25, 0.3) is 11.0 Å². The molecule has 2 N–H and O–H groups in total. The van der Waals surface area contributed by atoms with E-state index in [9.17, 15) is 4.79 Å². The average Bonchev–Trinajstić information content (AvgIpc) is 2.82. The van der Waals surface area contributed by atoms with Gasteiger partial charge in [-0.2, -0.15) is 0 Å². The second-order valence-electron chi connectivity index (χ2n) is 5.46. The number of aromatic amines is 1. The van der Waals surface area contributed by atoms with Gasteiger partial charge in [0.25, 0.3) is 0 Å². The third kappa shape index (κ3) is 2.86. The molecule has 1 aromatic carbocycles. The summed E-state index contributed by atoms with van der Waals surface area (Å²) in [5.41, 5.74) is 2.27. The Bertz CT molecular complexity index is 589. The summed E-state index contributed by atoms with van der Waals surface area (Å²) in [6.07, 6.45) is 2.27. The Hall–Kier alpha value is -2.04. The van der Waals surface area contributed by atoms with Crippen LogP contribution < -0.4 is 4.90 Å². The van der Waals surface area contributed by atoms with Crippen molar-refractivity contribution in [1.82, 2.24) is 9.97 Å². The van der Waals surface area contributed by atoms with Crippen molar-refractivity contribution in [3.63, 3.8) is 0 Å². The molecule has 0 bridgehead atoms. The Labute approximate surface area is 112 Å². The van der Waals surface area contributed by atoms with Crippen LogP contribution in [0.3, 0.4) is 0 Å². The van der Waals surface area contributed by atoms with Crippen molar-refractivity contribution in [3.8, 4) is 0 Å². The number of aliphatic carboxylic acids is 1. The van der Waals surface area contributed by atoms with Gasteiger partial charge in [-0.1, -0.05) is 0 Å². The number of carboxylic acid groups (broad SMARTS) is 1. The molecule has 0 amide bonds. The number of hydrogen-bond donors (Lipinski definition) is 2. The van der Waals surface area contributed by atoms with Gasteiger partial charge in [0, 0.05) is 19.3 Å². The van der Waals surface area contributed by atoms with Crippen LogP contribution in [-0.2, 0) is 4.79 Å². The molecule has 0 atom stereocenters. The molecule has 0 aliphatic carbocycles. The lowest BCUT2D eigenvalue weighted by molar-refractivity contribution is -0.147. The number of fused-ring (bicyclic) bond motifs is 1. The SMILES string of the molecule is CN(CCC(C)(C)C(=O)O)c1ccc2nc[nH]c2c1. The molecule has 0 radical (unpaired) electrons. The maximum Gasteiger partial charge on any atom is 0.309 e. The van der Waals surface area contributed by atoms with E-state index < -0.39 is 11.4 Å². The molecule has 102 valence electrons. The lowest BCUT2D eigenvalue weighted by Crippen LogP contribution is -2.30. The molecular weight excluding hydrogens is 242 g/mol. The number of carboxylic acids is 1. The number of aromatic nitrogens is 2. The van der Waals surface area contributed by atoms with Gasteiger partial charge in [0.15, 0.2) is 0 Å². The number of hydrogen-bond acceptors (Lipinski definition) is 3. The fraction of sp³-hybridized carbons (Fsp3) is 0.429. The first-order valence-electron chi connectivity index (χ1n) is 6.28. The van der Waals surface area contributed by atoms with Crippen LogP contribution in [0.1, 0.15) is 20.3 Å². The highest BCUT2D eigenvalue weighted by Crippen LogP contribution is 2.24. The third-order valence-electron chi connectivity index (χ3n) is 3.50. The summed E-state index contributed by atoms with van der Waals surface area (Å²) in [4.78, 5) is 20.4. The van der Waals surface area contributed by atoms with E-state index in [4.69, 9.17) is 5.11 Å². The summed E-state index contributed by atoms with van der Waals surface area (Å²) in [7, 11) is 1.97. The first-order chi connectivity index (χ1) is 8.90. The number of benzene rings is 1. The van der Waals surface area contributed by atoms with E-state index in [-0.39, 0.29) is 0 Å². The number of anilines is 1. The van der Waals surface area contributed by atoms with Gasteiger partial charge in [-0.05, 0) is 38.5 Å². The van der Waals surface area contributed by atoms with Gasteiger partial charge < -0.3 is 15.0 Å². The number of nitrogens with one attached hydrogen (secondary N) is 1. The van der Waals surface area contributed by atoms with Crippen molar-refractivity contribution in [2.75, 3.05) is 18.5 Å². The van der Waals surface area contributed by atoms with Crippen molar-refractivity contribution >= 4 is 22.7 Å². The van der Waals surface area contributed by atoms with Crippen LogP contribution in [0.2, 0.25) is 0 Å². The van der Waals surface area contributed by atoms with Gasteiger partial charge in [-0.25, -0.2) is 4.98 Å². The van der Waals surface area contributed by atoms with Gasteiger partial charge in [-0.15, -0.1) is 0 Å². The van der Waals surface area contributed by atoms with Crippen LogP contribution >= 0.6 is 0 Å². The number of rotatable bonds is 5. The fourth-order valence-electron chi connectivity index (χ4n) is 1.84. The average molecular weight is 261 g/mol. The number of nitrogens with zero attached hydrogens (tertiary/aromatic N) is 2. The molecule has 0 aliphatic heterocycles. The van der Waals surface area contributed by atoms with Gasteiger partial charge in [0.1, 0.15) is 0 Å². The first kappa shape index (κ1) is 13.4. The molecule has 0 saturated heterocycles. The van der Waals surface area contributed by atoms with Gasteiger partial charge in [-0.3, -0.25) is 4.79 Å². The summed E-state index contributed by atoms with van der Waals surface area (Å²) in [6, 6.07) is 5.98. The Kier molecular flexibility index (Phi) is 3.46. The molecule has 0 fully saturated rings. The highest BCUT2D eigenvalue weighted by Gasteiger charge is 2.27.